The predicted octanol–water partition coefficient (Wildman–Crippen LogP) is 4.43. The van der Waals surface area contributed by atoms with Gasteiger partial charge in [0.1, 0.15) is 11.5 Å². The summed E-state index contributed by atoms with van der Waals surface area (Å²) in [6.45, 7) is 2.56. The lowest BCUT2D eigenvalue weighted by Crippen LogP contribution is -2.36. The highest BCUT2D eigenvalue weighted by Crippen LogP contribution is 2.39. The molecule has 0 radical (unpaired) electrons. The second kappa shape index (κ2) is 9.38. The van der Waals surface area contributed by atoms with E-state index in [9.17, 15) is 13.2 Å². The smallest absolute Gasteiger partial charge is 0.264 e. The molecular weight excluding hydrogens is 452 g/mol. The number of methoxy groups -OCH3 is 2. The van der Waals surface area contributed by atoms with Gasteiger partial charge >= 0.3 is 0 Å². The molecule has 0 aromatic heterocycles. The van der Waals surface area contributed by atoms with Crippen molar-refractivity contribution in [1.82, 2.24) is 0 Å². The van der Waals surface area contributed by atoms with Gasteiger partial charge in [0.25, 0.3) is 15.9 Å². The number of carbonyl (C=O) groups is 1. The number of fused-ring (bicyclic) bond motifs is 1. The maximum absolute atomic E-state index is 13.6. The van der Waals surface area contributed by atoms with Gasteiger partial charge in [0.15, 0.2) is 0 Å². The number of amides is 1. The Hall–Kier alpha value is -3.52. The van der Waals surface area contributed by atoms with Crippen LogP contribution in [-0.2, 0) is 16.4 Å². The Balaban J connectivity index is 1.68. The first kappa shape index (κ1) is 23.6. The van der Waals surface area contributed by atoms with E-state index in [0.717, 1.165) is 29.7 Å². The lowest BCUT2D eigenvalue weighted by molar-refractivity contribution is 0.0984. The van der Waals surface area contributed by atoms with E-state index in [0.29, 0.717) is 29.3 Å². The van der Waals surface area contributed by atoms with Gasteiger partial charge in [0.05, 0.1) is 30.5 Å². The Morgan fingerprint density at radius 3 is 2.41 bits per heavy atom. The van der Waals surface area contributed by atoms with E-state index in [-0.39, 0.29) is 10.8 Å². The molecule has 1 amide bonds. The minimum Gasteiger partial charge on any atom is -0.497 e. The fourth-order valence-corrected chi connectivity index (χ4v) is 5.50. The zero-order valence-electron chi connectivity index (χ0n) is 19.7. The van der Waals surface area contributed by atoms with Crippen LogP contribution in [0.2, 0.25) is 0 Å². The fourth-order valence-electron chi connectivity index (χ4n) is 4.26. The summed E-state index contributed by atoms with van der Waals surface area (Å²) in [5, 5.41) is 0. The highest BCUT2D eigenvalue weighted by Gasteiger charge is 2.29. The highest BCUT2D eigenvalue weighted by molar-refractivity contribution is 7.92. The molecular formula is C26H28N2O5S. The molecule has 8 heteroatoms. The summed E-state index contributed by atoms with van der Waals surface area (Å²) in [7, 11) is 0.744. The lowest BCUT2D eigenvalue weighted by Gasteiger charge is -2.32. The average Bonchev–Trinajstić information content (AvgIpc) is 2.88. The molecule has 34 heavy (non-hydrogen) atoms. The van der Waals surface area contributed by atoms with Crippen molar-refractivity contribution < 1.29 is 22.7 Å². The number of nitrogens with zero attached hydrogens (tertiary/aromatic N) is 2. The Morgan fingerprint density at radius 2 is 1.74 bits per heavy atom. The van der Waals surface area contributed by atoms with Gasteiger partial charge in [-0.2, -0.15) is 0 Å². The number of anilines is 2. The monoisotopic (exact) mass is 480 g/mol. The first-order chi connectivity index (χ1) is 16.3. The van der Waals surface area contributed by atoms with Crippen molar-refractivity contribution in [2.45, 2.75) is 24.7 Å². The van der Waals surface area contributed by atoms with Crippen LogP contribution in [0.15, 0.2) is 65.6 Å². The number of carbonyl (C=O) groups excluding carboxylic acids is 1. The molecule has 1 aliphatic rings. The summed E-state index contributed by atoms with van der Waals surface area (Å²) in [5.74, 6) is 1.01. The average molecular weight is 481 g/mol. The molecule has 3 aromatic carbocycles. The molecule has 0 saturated carbocycles. The van der Waals surface area contributed by atoms with E-state index in [1.807, 2.05) is 19.1 Å². The molecule has 0 spiro atoms. The van der Waals surface area contributed by atoms with Gasteiger partial charge in [-0.1, -0.05) is 12.1 Å². The van der Waals surface area contributed by atoms with Crippen LogP contribution in [0.25, 0.3) is 0 Å². The third kappa shape index (κ3) is 4.21. The fraction of sp³-hybridized carbons (Fsp3) is 0.269. The summed E-state index contributed by atoms with van der Waals surface area (Å²) in [4.78, 5) is 15.3. The van der Waals surface area contributed by atoms with Crippen LogP contribution >= 0.6 is 0 Å². The van der Waals surface area contributed by atoms with Gasteiger partial charge in [0.2, 0.25) is 0 Å². The van der Waals surface area contributed by atoms with E-state index in [1.165, 1.54) is 23.5 Å². The molecule has 7 nitrogen and oxygen atoms in total. The molecule has 0 aliphatic carbocycles. The summed E-state index contributed by atoms with van der Waals surface area (Å²) in [6.07, 6.45) is 1.69. The summed E-state index contributed by atoms with van der Waals surface area (Å²) in [5.41, 5.74) is 3.75. The molecule has 178 valence electrons. The molecule has 1 aliphatic heterocycles. The van der Waals surface area contributed by atoms with Gasteiger partial charge in [-0.05, 0) is 79.4 Å². The largest absolute Gasteiger partial charge is 0.497 e. The molecule has 0 bridgehead atoms. The minimum atomic E-state index is -3.88. The molecule has 0 fully saturated rings. The zero-order chi connectivity index (χ0) is 24.5. The number of hydrogen-bond acceptors (Lipinski definition) is 5. The van der Waals surface area contributed by atoms with E-state index in [2.05, 4.69) is 0 Å². The zero-order valence-corrected chi connectivity index (χ0v) is 20.6. The van der Waals surface area contributed by atoms with Gasteiger partial charge < -0.3 is 14.4 Å². The number of hydrogen-bond donors (Lipinski definition) is 0. The van der Waals surface area contributed by atoms with Crippen molar-refractivity contribution in [1.29, 1.82) is 0 Å². The third-order valence-electron chi connectivity index (χ3n) is 6.20. The first-order valence-electron chi connectivity index (χ1n) is 11.0. The molecule has 0 N–H and O–H groups in total. The van der Waals surface area contributed by atoms with Crippen LogP contribution in [0.3, 0.4) is 0 Å². The van der Waals surface area contributed by atoms with E-state index in [4.69, 9.17) is 9.47 Å². The Labute approximate surface area is 200 Å². The molecule has 0 saturated heterocycles. The predicted molar refractivity (Wildman–Crippen MR) is 133 cm³/mol. The van der Waals surface area contributed by atoms with Crippen LogP contribution in [0.5, 0.6) is 11.5 Å². The van der Waals surface area contributed by atoms with Crippen LogP contribution in [0, 0.1) is 6.92 Å². The van der Waals surface area contributed by atoms with Gasteiger partial charge in [-0.15, -0.1) is 0 Å². The van der Waals surface area contributed by atoms with Crippen LogP contribution < -0.4 is 18.7 Å². The minimum absolute atomic E-state index is 0.0464. The second-order valence-electron chi connectivity index (χ2n) is 8.17. The molecule has 4 rings (SSSR count). The SMILES string of the molecule is COc1ccc(N(C)S(=O)(=O)c2cccc(C(=O)N3CCCc4c(C)ccc(OC)c43)c2)cc1. The van der Waals surface area contributed by atoms with Crippen molar-refractivity contribution in [3.8, 4) is 11.5 Å². The van der Waals surface area contributed by atoms with Crippen LogP contribution in [0.4, 0.5) is 11.4 Å². The summed E-state index contributed by atoms with van der Waals surface area (Å²) >= 11 is 0. The van der Waals surface area contributed by atoms with Crippen LogP contribution in [0.1, 0.15) is 27.9 Å². The van der Waals surface area contributed by atoms with Crippen molar-refractivity contribution >= 4 is 27.3 Å². The molecule has 0 unspecified atom stereocenters. The number of ether oxygens (including phenoxy) is 2. The summed E-state index contributed by atoms with van der Waals surface area (Å²) < 4.78 is 38.6. The quantitative estimate of drug-likeness (QED) is 0.522. The third-order valence-corrected chi connectivity index (χ3v) is 7.98. The van der Waals surface area contributed by atoms with E-state index < -0.39 is 10.0 Å². The van der Waals surface area contributed by atoms with Crippen LogP contribution in [-0.4, -0.2) is 42.1 Å². The maximum atomic E-state index is 13.6. The molecule has 0 atom stereocenters. The van der Waals surface area contributed by atoms with Gasteiger partial charge in [-0.3, -0.25) is 9.10 Å². The normalized spacial score (nSPS) is 13.2. The first-order valence-corrected chi connectivity index (χ1v) is 12.4. The number of aryl methyl sites for hydroxylation is 1. The second-order valence-corrected chi connectivity index (χ2v) is 10.1. The number of benzene rings is 3. The number of rotatable bonds is 6. The van der Waals surface area contributed by atoms with Crippen molar-refractivity contribution in [2.75, 3.05) is 37.0 Å². The standard InChI is InChI=1S/C26H28N2O5S/c1-18-10-15-24(33-4)25-23(18)9-6-16-28(25)26(29)19-7-5-8-22(17-19)34(30,31)27(2)20-11-13-21(32-3)14-12-20/h5,7-8,10-15,17H,6,9,16H2,1-4H3. The van der Waals surface area contributed by atoms with Crippen molar-refractivity contribution in [3.63, 3.8) is 0 Å². The Morgan fingerprint density at radius 1 is 1.00 bits per heavy atom. The van der Waals surface area contributed by atoms with Gasteiger partial charge in [-0.25, -0.2) is 8.42 Å². The van der Waals surface area contributed by atoms with E-state index in [1.54, 1.807) is 55.5 Å². The maximum Gasteiger partial charge on any atom is 0.264 e. The lowest BCUT2D eigenvalue weighted by atomic mass is 9.95. The number of sulfonamides is 1. The Kier molecular flexibility index (Phi) is 6.52. The molecule has 3 aromatic rings. The topological polar surface area (TPSA) is 76.2 Å². The van der Waals surface area contributed by atoms with E-state index >= 15 is 0 Å². The highest BCUT2D eigenvalue weighted by atomic mass is 32.2. The molecule has 1 heterocycles. The van der Waals surface area contributed by atoms with Gasteiger partial charge in [0, 0.05) is 19.2 Å². The summed E-state index contributed by atoms with van der Waals surface area (Å²) in [6, 6.07) is 16.8. The van der Waals surface area contributed by atoms with Crippen molar-refractivity contribution in [2.24, 2.45) is 0 Å². The Bertz CT molecular complexity index is 1320. The van der Waals surface area contributed by atoms with Crippen molar-refractivity contribution in [3.05, 3.63) is 77.4 Å².